The Kier molecular flexibility index (Phi) is 2.11. The van der Waals surface area contributed by atoms with Crippen LogP contribution in [0.4, 0.5) is 5.69 Å². The molecule has 2 rings (SSSR count). The number of hydrogen-bond donors (Lipinski definition) is 2. The highest BCUT2D eigenvalue weighted by atomic mass is 16.5. The average Bonchev–Trinajstić information content (AvgIpc) is 2.17. The van der Waals surface area contributed by atoms with Crippen LogP contribution in [0.5, 0.6) is 5.75 Å². The number of benzene rings is 1. The largest absolute Gasteiger partial charge is 0.491 e. The Bertz CT molecular complexity index is 374. The molecule has 1 unspecified atom stereocenters. The van der Waals surface area contributed by atoms with Crippen molar-refractivity contribution < 1.29 is 4.74 Å². The van der Waals surface area contributed by atoms with Crippen LogP contribution in [-0.2, 0) is 0 Å². The minimum atomic E-state index is 0.0698. The third-order valence-electron chi connectivity index (χ3n) is 2.95. The van der Waals surface area contributed by atoms with Gasteiger partial charge in [0, 0.05) is 18.0 Å². The number of rotatable bonds is 0. The van der Waals surface area contributed by atoms with Gasteiger partial charge in [0.2, 0.25) is 0 Å². The fraction of sp³-hybridized carbons (Fsp3) is 0.455. The summed E-state index contributed by atoms with van der Waals surface area (Å²) in [6.45, 7) is 4.72. The van der Waals surface area contributed by atoms with Crippen molar-refractivity contribution in [2.75, 3.05) is 12.3 Å². The third kappa shape index (κ3) is 1.24. The van der Waals surface area contributed by atoms with Crippen molar-refractivity contribution in [2.24, 2.45) is 5.73 Å². The second kappa shape index (κ2) is 3.17. The number of nitrogen functional groups attached to an aromatic ring is 1. The van der Waals surface area contributed by atoms with Gasteiger partial charge in [-0.25, -0.2) is 0 Å². The van der Waals surface area contributed by atoms with Gasteiger partial charge >= 0.3 is 0 Å². The SMILES string of the molecule is Cc1cc2c(c(N)c1C)OCCC2N. The predicted molar refractivity (Wildman–Crippen MR) is 57.4 cm³/mol. The number of nitrogens with two attached hydrogens (primary N) is 2. The lowest BCUT2D eigenvalue weighted by molar-refractivity contribution is 0.270. The summed E-state index contributed by atoms with van der Waals surface area (Å²) in [4.78, 5) is 0. The maximum Gasteiger partial charge on any atom is 0.147 e. The van der Waals surface area contributed by atoms with Gasteiger partial charge < -0.3 is 16.2 Å². The molecular formula is C11H16N2O. The van der Waals surface area contributed by atoms with Crippen molar-refractivity contribution >= 4 is 5.69 Å². The second-order valence-corrected chi connectivity index (χ2v) is 3.89. The molecule has 1 atom stereocenters. The summed E-state index contributed by atoms with van der Waals surface area (Å²) in [5.74, 6) is 0.798. The molecule has 1 aliphatic rings. The van der Waals surface area contributed by atoms with Gasteiger partial charge in [-0.2, -0.15) is 0 Å². The van der Waals surface area contributed by atoms with E-state index in [-0.39, 0.29) is 6.04 Å². The third-order valence-corrected chi connectivity index (χ3v) is 2.95. The molecule has 3 nitrogen and oxygen atoms in total. The van der Waals surface area contributed by atoms with Crippen LogP contribution in [0.25, 0.3) is 0 Å². The minimum absolute atomic E-state index is 0.0698. The van der Waals surface area contributed by atoms with Gasteiger partial charge in [-0.1, -0.05) is 6.07 Å². The number of ether oxygens (including phenoxy) is 1. The molecule has 0 radical (unpaired) electrons. The van der Waals surface area contributed by atoms with Crippen molar-refractivity contribution in [3.63, 3.8) is 0 Å². The summed E-state index contributed by atoms with van der Waals surface area (Å²) in [7, 11) is 0. The molecule has 1 heterocycles. The van der Waals surface area contributed by atoms with Gasteiger partial charge in [0.15, 0.2) is 0 Å². The molecule has 1 aliphatic heterocycles. The molecule has 0 fully saturated rings. The van der Waals surface area contributed by atoms with E-state index in [2.05, 4.69) is 6.07 Å². The van der Waals surface area contributed by atoms with E-state index in [4.69, 9.17) is 16.2 Å². The summed E-state index contributed by atoms with van der Waals surface area (Å²) < 4.78 is 5.56. The second-order valence-electron chi connectivity index (χ2n) is 3.89. The van der Waals surface area contributed by atoms with E-state index in [1.165, 1.54) is 5.56 Å². The molecule has 3 heteroatoms. The molecule has 0 saturated heterocycles. The zero-order chi connectivity index (χ0) is 10.3. The molecule has 76 valence electrons. The van der Waals surface area contributed by atoms with E-state index >= 15 is 0 Å². The van der Waals surface area contributed by atoms with E-state index < -0.39 is 0 Å². The normalized spacial score (nSPS) is 20.1. The van der Waals surface area contributed by atoms with E-state index in [1.54, 1.807) is 0 Å². The standard InChI is InChI=1S/C11H16N2O/c1-6-5-8-9(12)3-4-14-11(8)10(13)7(6)2/h5,9H,3-4,12-13H2,1-2H3. The van der Waals surface area contributed by atoms with Crippen LogP contribution in [0, 0.1) is 13.8 Å². The molecule has 14 heavy (non-hydrogen) atoms. The maximum atomic E-state index is 6.00. The van der Waals surface area contributed by atoms with Crippen LogP contribution in [-0.4, -0.2) is 6.61 Å². The first-order valence-corrected chi connectivity index (χ1v) is 4.89. The van der Waals surface area contributed by atoms with Crippen LogP contribution in [0.1, 0.15) is 29.2 Å². The van der Waals surface area contributed by atoms with Gasteiger partial charge in [0.1, 0.15) is 5.75 Å². The lowest BCUT2D eigenvalue weighted by atomic mass is 9.95. The van der Waals surface area contributed by atoms with Gasteiger partial charge in [-0.15, -0.1) is 0 Å². The molecule has 1 aromatic carbocycles. The minimum Gasteiger partial charge on any atom is -0.491 e. The summed E-state index contributed by atoms with van der Waals surface area (Å²) >= 11 is 0. The van der Waals surface area contributed by atoms with Crippen LogP contribution in [0.2, 0.25) is 0 Å². The predicted octanol–water partition coefficient (Wildman–Crippen LogP) is 1.67. The number of aryl methyl sites for hydroxylation is 1. The summed E-state index contributed by atoms with van der Waals surface area (Å²) in [6, 6.07) is 2.16. The van der Waals surface area contributed by atoms with Crippen molar-refractivity contribution in [3.05, 3.63) is 22.8 Å². The van der Waals surface area contributed by atoms with Crippen LogP contribution in [0.3, 0.4) is 0 Å². The van der Waals surface area contributed by atoms with Crippen LogP contribution in [0.15, 0.2) is 6.07 Å². The lowest BCUT2D eigenvalue weighted by Crippen LogP contribution is -2.22. The Hall–Kier alpha value is -1.22. The van der Waals surface area contributed by atoms with E-state index in [0.29, 0.717) is 6.61 Å². The molecule has 0 amide bonds. The molecule has 0 spiro atoms. The average molecular weight is 192 g/mol. The molecule has 1 aromatic rings. The van der Waals surface area contributed by atoms with Crippen LogP contribution >= 0.6 is 0 Å². The zero-order valence-electron chi connectivity index (χ0n) is 8.63. The van der Waals surface area contributed by atoms with E-state index in [1.807, 2.05) is 13.8 Å². The van der Waals surface area contributed by atoms with Crippen molar-refractivity contribution in [2.45, 2.75) is 26.3 Å². The zero-order valence-corrected chi connectivity index (χ0v) is 8.63. The molecule has 0 aromatic heterocycles. The first-order chi connectivity index (χ1) is 6.61. The smallest absolute Gasteiger partial charge is 0.147 e. The molecule has 4 N–H and O–H groups in total. The lowest BCUT2D eigenvalue weighted by Gasteiger charge is -2.25. The molecular weight excluding hydrogens is 176 g/mol. The number of anilines is 1. The Morgan fingerprint density at radius 3 is 2.86 bits per heavy atom. The molecule has 0 aliphatic carbocycles. The van der Waals surface area contributed by atoms with Gasteiger partial charge in [0.25, 0.3) is 0 Å². The van der Waals surface area contributed by atoms with Crippen molar-refractivity contribution in [1.29, 1.82) is 0 Å². The van der Waals surface area contributed by atoms with Gasteiger partial charge in [0.05, 0.1) is 12.3 Å². The van der Waals surface area contributed by atoms with Gasteiger partial charge in [-0.05, 0) is 25.0 Å². The van der Waals surface area contributed by atoms with Crippen molar-refractivity contribution in [1.82, 2.24) is 0 Å². The topological polar surface area (TPSA) is 61.3 Å². The van der Waals surface area contributed by atoms with Gasteiger partial charge in [-0.3, -0.25) is 0 Å². The number of hydrogen-bond acceptors (Lipinski definition) is 3. The Morgan fingerprint density at radius 1 is 1.43 bits per heavy atom. The monoisotopic (exact) mass is 192 g/mol. The fourth-order valence-corrected chi connectivity index (χ4v) is 1.83. The highest BCUT2D eigenvalue weighted by molar-refractivity contribution is 5.65. The highest BCUT2D eigenvalue weighted by Gasteiger charge is 2.21. The fourth-order valence-electron chi connectivity index (χ4n) is 1.83. The van der Waals surface area contributed by atoms with E-state index in [9.17, 15) is 0 Å². The van der Waals surface area contributed by atoms with Crippen molar-refractivity contribution in [3.8, 4) is 5.75 Å². The Balaban J connectivity index is 2.63. The summed E-state index contributed by atoms with van der Waals surface area (Å²) in [5, 5.41) is 0. The summed E-state index contributed by atoms with van der Waals surface area (Å²) in [5.41, 5.74) is 16.1. The quantitative estimate of drug-likeness (QED) is 0.615. The number of fused-ring (bicyclic) bond motifs is 1. The Morgan fingerprint density at radius 2 is 2.14 bits per heavy atom. The highest BCUT2D eigenvalue weighted by Crippen LogP contribution is 2.38. The molecule has 0 saturated carbocycles. The maximum absolute atomic E-state index is 6.00. The van der Waals surface area contributed by atoms with Crippen LogP contribution < -0.4 is 16.2 Å². The Labute approximate surface area is 84.0 Å². The summed E-state index contributed by atoms with van der Waals surface area (Å²) in [6.07, 6.45) is 0.870. The van der Waals surface area contributed by atoms with E-state index in [0.717, 1.165) is 29.0 Å². The molecule has 0 bridgehead atoms. The first kappa shape index (κ1) is 9.34. The first-order valence-electron chi connectivity index (χ1n) is 4.89.